The number of hydrogen-bond donors (Lipinski definition) is 2. The molecule has 1 aromatic carbocycles. The molecule has 0 saturated carbocycles. The molecule has 0 aliphatic heterocycles. The lowest BCUT2D eigenvalue weighted by Crippen LogP contribution is -2.22. The number of aliphatic hydroxyl groups excluding tert-OH is 1. The van der Waals surface area contributed by atoms with Crippen LogP contribution in [-0.4, -0.2) is 21.1 Å². The van der Waals surface area contributed by atoms with E-state index in [1.807, 2.05) is 24.3 Å². The Bertz CT molecular complexity index is 540. The van der Waals surface area contributed by atoms with Gasteiger partial charge in [-0.1, -0.05) is 38.1 Å². The van der Waals surface area contributed by atoms with Crippen LogP contribution in [0.3, 0.4) is 0 Å². The molecule has 0 atom stereocenters. The summed E-state index contributed by atoms with van der Waals surface area (Å²) >= 11 is 0. The third-order valence-corrected chi connectivity index (χ3v) is 2.84. The highest BCUT2D eigenvalue weighted by Crippen LogP contribution is 2.21. The molecule has 2 N–H and O–H groups in total. The molecular weight excluding hydrogens is 238 g/mol. The van der Waals surface area contributed by atoms with Crippen LogP contribution < -0.4 is 5.32 Å². The molecule has 0 unspecified atom stereocenters. The fourth-order valence-electron chi connectivity index (χ4n) is 1.86. The van der Waals surface area contributed by atoms with Crippen molar-refractivity contribution in [1.29, 1.82) is 0 Å². The molecule has 0 amide bonds. The first kappa shape index (κ1) is 13.6. The Morgan fingerprint density at radius 3 is 2.74 bits per heavy atom. The lowest BCUT2D eigenvalue weighted by atomic mass is 10.0. The van der Waals surface area contributed by atoms with E-state index >= 15 is 0 Å². The second-order valence-corrected chi connectivity index (χ2v) is 4.71. The summed E-state index contributed by atoms with van der Waals surface area (Å²) < 4.78 is 0. The summed E-state index contributed by atoms with van der Waals surface area (Å²) in [4.78, 5) is 8.37. The van der Waals surface area contributed by atoms with Crippen LogP contribution in [-0.2, 0) is 13.2 Å². The minimum atomic E-state index is -0.139. The van der Waals surface area contributed by atoms with E-state index in [9.17, 15) is 0 Å². The number of rotatable bonds is 5. The zero-order valence-electron chi connectivity index (χ0n) is 11.3. The van der Waals surface area contributed by atoms with Crippen molar-refractivity contribution < 1.29 is 5.11 Å². The predicted octanol–water partition coefficient (Wildman–Crippen LogP) is 2.13. The van der Waals surface area contributed by atoms with Gasteiger partial charge in [-0.05, 0) is 11.6 Å². The number of aromatic nitrogens is 2. The van der Waals surface area contributed by atoms with Gasteiger partial charge < -0.3 is 10.4 Å². The van der Waals surface area contributed by atoms with E-state index in [0.717, 1.165) is 17.8 Å². The van der Waals surface area contributed by atoms with E-state index in [0.29, 0.717) is 11.9 Å². The van der Waals surface area contributed by atoms with Crippen molar-refractivity contribution in [1.82, 2.24) is 15.3 Å². The number of nitrogens with zero attached hydrogens (tertiary/aromatic N) is 2. The Labute approximate surface area is 113 Å². The highest BCUT2D eigenvalue weighted by molar-refractivity contribution is 5.63. The van der Waals surface area contributed by atoms with Crippen molar-refractivity contribution in [2.24, 2.45) is 0 Å². The van der Waals surface area contributed by atoms with Crippen LogP contribution >= 0.6 is 0 Å². The quantitative estimate of drug-likeness (QED) is 0.861. The van der Waals surface area contributed by atoms with Gasteiger partial charge in [0.25, 0.3) is 0 Å². The van der Waals surface area contributed by atoms with Gasteiger partial charge in [-0.3, -0.25) is 0 Å². The highest BCUT2D eigenvalue weighted by atomic mass is 16.3. The monoisotopic (exact) mass is 257 g/mol. The highest BCUT2D eigenvalue weighted by Gasteiger charge is 2.07. The first-order valence-corrected chi connectivity index (χ1v) is 6.45. The van der Waals surface area contributed by atoms with E-state index in [-0.39, 0.29) is 6.61 Å². The molecule has 0 bridgehead atoms. The van der Waals surface area contributed by atoms with E-state index in [1.54, 1.807) is 6.20 Å². The first-order valence-electron chi connectivity index (χ1n) is 6.45. The van der Waals surface area contributed by atoms with Gasteiger partial charge in [0, 0.05) is 24.3 Å². The normalized spacial score (nSPS) is 10.9. The van der Waals surface area contributed by atoms with Crippen LogP contribution in [0, 0.1) is 0 Å². The fourth-order valence-corrected chi connectivity index (χ4v) is 1.86. The lowest BCUT2D eigenvalue weighted by molar-refractivity contribution is 0.271. The Kier molecular flexibility index (Phi) is 4.60. The van der Waals surface area contributed by atoms with Crippen LogP contribution in [0.5, 0.6) is 0 Å². The van der Waals surface area contributed by atoms with Gasteiger partial charge in [-0.15, -0.1) is 0 Å². The van der Waals surface area contributed by atoms with Gasteiger partial charge >= 0.3 is 0 Å². The lowest BCUT2D eigenvalue weighted by Gasteiger charge is -2.12. The summed E-state index contributed by atoms with van der Waals surface area (Å²) in [5.74, 6) is 0.448. The van der Waals surface area contributed by atoms with E-state index in [4.69, 9.17) is 5.11 Å². The van der Waals surface area contributed by atoms with Crippen molar-refractivity contribution >= 4 is 0 Å². The van der Waals surface area contributed by atoms with E-state index in [1.165, 1.54) is 5.56 Å². The molecule has 0 fully saturated rings. The van der Waals surface area contributed by atoms with Gasteiger partial charge in [-0.2, -0.15) is 0 Å². The molecule has 1 aromatic heterocycles. The fraction of sp³-hybridized carbons (Fsp3) is 0.333. The summed E-state index contributed by atoms with van der Waals surface area (Å²) in [6.45, 7) is 4.90. The maximum atomic E-state index is 9.12. The molecule has 1 heterocycles. The number of nitrogens with one attached hydrogen (secondary N) is 1. The summed E-state index contributed by atoms with van der Waals surface area (Å²) in [6.07, 6.45) is 1.68. The Balaban J connectivity index is 2.32. The second-order valence-electron chi connectivity index (χ2n) is 4.71. The van der Waals surface area contributed by atoms with Gasteiger partial charge in [-0.25, -0.2) is 9.97 Å². The first-order chi connectivity index (χ1) is 9.20. The maximum Gasteiger partial charge on any atom is 0.154 e. The Hall–Kier alpha value is -1.78. The summed E-state index contributed by atoms with van der Waals surface area (Å²) in [7, 11) is 0. The van der Waals surface area contributed by atoms with Crippen molar-refractivity contribution in [3.05, 3.63) is 47.9 Å². The molecule has 0 aliphatic carbocycles. The van der Waals surface area contributed by atoms with Crippen molar-refractivity contribution in [3.8, 4) is 11.3 Å². The van der Waals surface area contributed by atoms with Crippen LogP contribution in [0.1, 0.15) is 25.2 Å². The second kappa shape index (κ2) is 6.41. The molecule has 100 valence electrons. The van der Waals surface area contributed by atoms with Gasteiger partial charge in [0.15, 0.2) is 5.82 Å². The predicted molar refractivity (Wildman–Crippen MR) is 75.4 cm³/mol. The number of aliphatic hydroxyl groups is 1. The smallest absolute Gasteiger partial charge is 0.154 e. The Morgan fingerprint density at radius 2 is 2.00 bits per heavy atom. The molecule has 0 radical (unpaired) electrons. The van der Waals surface area contributed by atoms with Crippen LogP contribution in [0.2, 0.25) is 0 Å². The largest absolute Gasteiger partial charge is 0.388 e. The number of hydrogen-bond acceptors (Lipinski definition) is 4. The van der Waals surface area contributed by atoms with Crippen molar-refractivity contribution in [2.45, 2.75) is 33.0 Å². The minimum absolute atomic E-state index is 0.139. The third kappa shape index (κ3) is 3.59. The maximum absolute atomic E-state index is 9.12. The average molecular weight is 257 g/mol. The van der Waals surface area contributed by atoms with E-state index in [2.05, 4.69) is 35.2 Å². The van der Waals surface area contributed by atoms with Crippen molar-refractivity contribution in [2.75, 3.05) is 0 Å². The minimum Gasteiger partial charge on any atom is -0.388 e. The van der Waals surface area contributed by atoms with Crippen LogP contribution in [0.15, 0.2) is 36.5 Å². The zero-order valence-corrected chi connectivity index (χ0v) is 11.3. The van der Waals surface area contributed by atoms with Gasteiger partial charge in [0.05, 0.1) is 5.69 Å². The molecule has 19 heavy (non-hydrogen) atoms. The molecule has 2 rings (SSSR count). The molecule has 0 spiro atoms. The Morgan fingerprint density at radius 1 is 1.21 bits per heavy atom. The summed E-state index contributed by atoms with van der Waals surface area (Å²) in [5, 5.41) is 12.5. The van der Waals surface area contributed by atoms with E-state index < -0.39 is 0 Å². The third-order valence-electron chi connectivity index (χ3n) is 2.84. The van der Waals surface area contributed by atoms with Crippen LogP contribution in [0.4, 0.5) is 0 Å². The van der Waals surface area contributed by atoms with Crippen molar-refractivity contribution in [3.63, 3.8) is 0 Å². The molecule has 0 aliphatic rings. The standard InChI is InChI=1S/C15H19N3O/c1-11(2)17-9-12-5-3-4-6-13(12)14-7-8-16-15(10-19)18-14/h3-8,11,17,19H,9-10H2,1-2H3. The molecule has 4 nitrogen and oxygen atoms in total. The summed E-state index contributed by atoms with van der Waals surface area (Å²) in [6, 6.07) is 10.5. The van der Waals surface area contributed by atoms with Crippen LogP contribution in [0.25, 0.3) is 11.3 Å². The van der Waals surface area contributed by atoms with Gasteiger partial charge in [0.2, 0.25) is 0 Å². The molecule has 0 saturated heterocycles. The molecule has 4 heteroatoms. The molecular formula is C15H19N3O. The van der Waals surface area contributed by atoms with Gasteiger partial charge in [0.1, 0.15) is 6.61 Å². The summed E-state index contributed by atoms with van der Waals surface area (Å²) in [5.41, 5.74) is 3.12. The number of benzene rings is 1. The SMILES string of the molecule is CC(C)NCc1ccccc1-c1ccnc(CO)n1. The topological polar surface area (TPSA) is 58.0 Å². The molecule has 2 aromatic rings. The zero-order chi connectivity index (χ0) is 13.7. The average Bonchev–Trinajstić information content (AvgIpc) is 2.45.